The average Bonchev–Trinajstić information content (AvgIpc) is 1.74. The third kappa shape index (κ3) is 38.9. The van der Waals surface area contributed by atoms with Gasteiger partial charge in [-0.1, -0.05) is 37.8 Å². The summed E-state index contributed by atoms with van der Waals surface area (Å²) in [5.74, 6) is 2.09. The molecule has 9 rings (SSSR count). The number of hydrogen-bond donors (Lipinski definition) is 14. The topological polar surface area (TPSA) is 489 Å². The number of carbonyl (C=O) groups is 4. The van der Waals surface area contributed by atoms with E-state index < -0.39 is 78.5 Å². The Kier molecular flexibility index (Phi) is 45.5. The zero-order valence-electron chi connectivity index (χ0n) is 70.3. The number of alkyl halides is 6. The molecule has 5 heterocycles. The van der Waals surface area contributed by atoms with Gasteiger partial charge in [0.05, 0.1) is 221 Å². The molecule has 2 saturated heterocycles. The molecule has 39 nitrogen and oxygen atoms in total. The Bertz CT molecular complexity index is 3590. The molecule has 3 aromatic heterocycles. The van der Waals surface area contributed by atoms with Crippen molar-refractivity contribution in [2.75, 3.05) is 238 Å². The highest BCUT2D eigenvalue weighted by Gasteiger charge is 2.43. The quantitative estimate of drug-likeness (QED) is 0.0222. The summed E-state index contributed by atoms with van der Waals surface area (Å²) < 4.78 is 157. The molecule has 5 aliphatic rings. The van der Waals surface area contributed by atoms with Crippen molar-refractivity contribution in [3.05, 3.63) is 71.6 Å². The molecule has 702 valence electrons. The van der Waals surface area contributed by atoms with Crippen LogP contribution in [0, 0.1) is 17.8 Å². The molecule has 1 aromatic carbocycles. The van der Waals surface area contributed by atoms with Crippen LogP contribution >= 0.6 is 0 Å². The molecular weight excluding hydrogens is 1660 g/mol. The SMILES string of the molecule is O=C(CCOCC(COCCC(=O)NCCOCCOCCOCCOC[C@H]1OC[C@H](Nc2cncc(C(F)(F)F)n2)[C@@H](O)[C@H]1O)NCC(=O)NCCOCCOCCNC(=O)c1ccc(CNc2nc(NCC3CCCCC3)nc(NC3CC4CCC3C4)n2)cc1)NCCOCCOCCOCCOC[C@H]1OC[C@H](Nc2cncc(C(F)(F)F)n2)[C@@H](O)[C@H]1O. The fraction of sp³-hybridized carbons (Fsp3) is 0.738. The van der Waals surface area contributed by atoms with Crippen molar-refractivity contribution in [1.82, 2.24) is 61.5 Å². The Labute approximate surface area is 721 Å². The first-order valence-corrected chi connectivity index (χ1v) is 42.7. The zero-order valence-corrected chi connectivity index (χ0v) is 70.3. The molecular formula is C80H123F6N17O22. The van der Waals surface area contributed by atoms with Crippen LogP contribution < -0.4 is 53.2 Å². The highest BCUT2D eigenvalue weighted by atomic mass is 19.4. The molecule has 11 atom stereocenters. The van der Waals surface area contributed by atoms with Gasteiger partial charge in [0.25, 0.3) is 5.91 Å². The largest absolute Gasteiger partial charge is 0.434 e. The van der Waals surface area contributed by atoms with E-state index >= 15 is 0 Å². The Hall–Kier alpha value is -7.91. The van der Waals surface area contributed by atoms with Crippen molar-refractivity contribution in [1.29, 1.82) is 0 Å². The molecule has 4 aromatic rings. The standard InChI is InChI=1S/C80H123F6N17O22/c81-79(82,83)64-42-87-44-66(99-64)96-60-49-124-62(73(109)71(60)107)51-122-36-34-118-32-30-116-28-26-112-20-14-89-68(104)12-18-120-47-58(48-121-19-13-69(105)90-15-21-113-27-29-117-31-33-119-35-37-123-52-63-74(110)72(108)61(50-125-63)97-67-45-88-43-65(100-67)80(84,85)86)93-46-70(106)91-16-22-114-24-25-115-23-17-92-75(111)56-9-6-54(7-10-56)41-95-77-101-76(94-40-53-4-2-1-3-5-53)102-78(103-77)98-59-39-55-8-11-57(59)38-55/h6-7,9-10,42-45,53,55,57-63,71-74,93,107-110H,1-5,8,11-41,46-52H2,(H,89,104)(H,90,105)(H,91,106)(H,92,111)(H,96,99)(H,97,100)(H3,94,95,98,101,102,103)/t55?,57?,59?,60-,61-,62+,63+,71+,72+,73-,74-/m0/s1. The van der Waals surface area contributed by atoms with E-state index in [1.807, 2.05) is 12.1 Å². The van der Waals surface area contributed by atoms with E-state index in [-0.39, 0.29) is 253 Å². The minimum atomic E-state index is -4.71. The van der Waals surface area contributed by atoms with Gasteiger partial charge in [-0.2, -0.15) is 41.3 Å². The highest BCUT2D eigenvalue weighted by molar-refractivity contribution is 5.94. The number of benzene rings is 1. The van der Waals surface area contributed by atoms with Gasteiger partial charge < -0.3 is 140 Å². The number of anilines is 5. The van der Waals surface area contributed by atoms with Crippen molar-refractivity contribution in [3.63, 3.8) is 0 Å². The van der Waals surface area contributed by atoms with Gasteiger partial charge in [-0.15, -0.1) is 0 Å². The van der Waals surface area contributed by atoms with Gasteiger partial charge in [0.2, 0.25) is 35.6 Å². The summed E-state index contributed by atoms with van der Waals surface area (Å²) in [5.41, 5.74) is -0.966. The van der Waals surface area contributed by atoms with Gasteiger partial charge in [0, 0.05) is 63.7 Å². The number of nitrogens with one attached hydrogen (secondary N) is 10. The fourth-order valence-corrected chi connectivity index (χ4v) is 14.2. The maximum atomic E-state index is 13.0. The van der Waals surface area contributed by atoms with Gasteiger partial charge in [-0.25, -0.2) is 9.97 Å². The summed E-state index contributed by atoms with van der Waals surface area (Å²) in [6, 6.07) is 5.29. The van der Waals surface area contributed by atoms with E-state index in [0.29, 0.717) is 60.2 Å². The molecule has 4 amide bonds. The van der Waals surface area contributed by atoms with Gasteiger partial charge >= 0.3 is 12.4 Å². The second-order valence-corrected chi connectivity index (χ2v) is 30.5. The molecule has 3 aliphatic carbocycles. The van der Waals surface area contributed by atoms with Crippen molar-refractivity contribution in [2.45, 2.75) is 150 Å². The Balaban J connectivity index is 0.575. The third-order valence-electron chi connectivity index (χ3n) is 21.0. The van der Waals surface area contributed by atoms with Gasteiger partial charge in [-0.3, -0.25) is 29.1 Å². The van der Waals surface area contributed by atoms with Crippen molar-refractivity contribution < 1.29 is 132 Å². The van der Waals surface area contributed by atoms with E-state index in [1.165, 1.54) is 51.4 Å². The van der Waals surface area contributed by atoms with Gasteiger partial charge in [0.15, 0.2) is 11.4 Å². The van der Waals surface area contributed by atoms with Crippen molar-refractivity contribution >= 4 is 53.1 Å². The number of rotatable bonds is 63. The van der Waals surface area contributed by atoms with Crippen LogP contribution in [0.4, 0.5) is 55.8 Å². The summed E-state index contributed by atoms with van der Waals surface area (Å²) in [4.78, 5) is 79.5. The number of aliphatic hydroxyl groups is 4. The maximum absolute atomic E-state index is 13.0. The number of nitrogens with zero attached hydrogens (tertiary/aromatic N) is 7. The smallest absolute Gasteiger partial charge is 0.388 e. The number of fused-ring (bicyclic) bond motifs is 2. The van der Waals surface area contributed by atoms with Crippen LogP contribution in [0.15, 0.2) is 49.1 Å². The number of ether oxygens (including phenoxy) is 14. The Morgan fingerprint density at radius 2 is 0.880 bits per heavy atom. The molecule has 2 aliphatic heterocycles. The van der Waals surface area contributed by atoms with Gasteiger partial charge in [-0.05, 0) is 67.6 Å². The lowest BCUT2D eigenvalue weighted by atomic mass is 9.89. The van der Waals surface area contributed by atoms with Crippen LogP contribution in [-0.4, -0.2) is 351 Å². The van der Waals surface area contributed by atoms with Crippen molar-refractivity contribution in [2.24, 2.45) is 17.8 Å². The molecule has 45 heteroatoms. The fourth-order valence-electron chi connectivity index (χ4n) is 14.2. The lowest BCUT2D eigenvalue weighted by Gasteiger charge is -2.38. The number of amides is 4. The highest BCUT2D eigenvalue weighted by Crippen LogP contribution is 2.45. The molecule has 0 radical (unpaired) electrons. The van der Waals surface area contributed by atoms with Crippen LogP contribution in [0.2, 0.25) is 0 Å². The molecule has 2 bridgehead atoms. The number of hydrogen-bond acceptors (Lipinski definition) is 35. The van der Waals surface area contributed by atoms with Crippen LogP contribution in [0.3, 0.4) is 0 Å². The Morgan fingerprint density at radius 1 is 0.440 bits per heavy atom. The maximum Gasteiger partial charge on any atom is 0.434 e. The zero-order chi connectivity index (χ0) is 88.7. The number of halogens is 6. The summed E-state index contributed by atoms with van der Waals surface area (Å²) in [7, 11) is 0. The second-order valence-electron chi connectivity index (χ2n) is 30.5. The first-order chi connectivity index (χ1) is 60.6. The van der Waals surface area contributed by atoms with Gasteiger partial charge in [0.1, 0.15) is 48.3 Å². The number of aliphatic hydroxyl groups excluding tert-OH is 4. The predicted molar refractivity (Wildman–Crippen MR) is 436 cm³/mol. The van der Waals surface area contributed by atoms with Crippen molar-refractivity contribution in [3.8, 4) is 0 Å². The lowest BCUT2D eigenvalue weighted by Crippen LogP contribution is -2.57. The van der Waals surface area contributed by atoms with Crippen LogP contribution in [0.1, 0.15) is 97.9 Å². The minimum absolute atomic E-state index is 0.0273. The first-order valence-electron chi connectivity index (χ1n) is 42.7. The van der Waals surface area contributed by atoms with Crippen LogP contribution in [-0.2, 0) is 99.6 Å². The third-order valence-corrected chi connectivity index (χ3v) is 21.0. The number of aromatic nitrogens is 7. The Morgan fingerprint density at radius 3 is 1.34 bits per heavy atom. The monoisotopic (exact) mass is 1790 g/mol. The van der Waals surface area contributed by atoms with E-state index in [9.17, 15) is 65.9 Å². The molecule has 5 fully saturated rings. The average molecular weight is 1790 g/mol. The lowest BCUT2D eigenvalue weighted by molar-refractivity contribution is -0.161. The van der Waals surface area contributed by atoms with E-state index in [2.05, 4.69) is 73.1 Å². The predicted octanol–water partition coefficient (Wildman–Crippen LogP) is 1.91. The van der Waals surface area contributed by atoms with E-state index in [4.69, 9.17) is 81.3 Å². The number of carbonyl (C=O) groups excluding carboxylic acids is 4. The second kappa shape index (κ2) is 56.4. The van der Waals surface area contributed by atoms with Crippen LogP contribution in [0.5, 0.6) is 0 Å². The molecule has 14 N–H and O–H groups in total. The molecule has 0 spiro atoms. The van der Waals surface area contributed by atoms with E-state index in [1.54, 1.807) is 12.1 Å². The molecule has 3 unspecified atom stereocenters. The summed E-state index contributed by atoms with van der Waals surface area (Å²) in [6.07, 6.45) is -2.28. The summed E-state index contributed by atoms with van der Waals surface area (Å²) in [5, 5.41) is 72.3. The molecule has 3 saturated carbocycles. The van der Waals surface area contributed by atoms with E-state index in [0.717, 1.165) is 36.8 Å². The minimum Gasteiger partial charge on any atom is -0.388 e. The summed E-state index contributed by atoms with van der Waals surface area (Å²) >= 11 is 0. The van der Waals surface area contributed by atoms with Crippen LogP contribution in [0.25, 0.3) is 0 Å². The molecule has 125 heavy (non-hydrogen) atoms. The normalized spacial score (nSPS) is 21.5. The first kappa shape index (κ1) is 101. The summed E-state index contributed by atoms with van der Waals surface area (Å²) in [6.45, 7) is 5.94.